The smallest absolute Gasteiger partial charge is 0.407 e. The summed E-state index contributed by atoms with van der Waals surface area (Å²) in [4.78, 5) is 27.1. The van der Waals surface area contributed by atoms with Gasteiger partial charge in [0.05, 0.1) is 27.0 Å². The third-order valence-electron chi connectivity index (χ3n) is 4.94. The molecule has 0 spiro atoms. The summed E-state index contributed by atoms with van der Waals surface area (Å²) in [5, 5.41) is 9.25. The van der Waals surface area contributed by atoms with Crippen LogP contribution in [0.2, 0.25) is 0 Å². The number of benzene rings is 1. The number of hydrogen-bond donors (Lipinski definition) is 1. The monoisotopic (exact) mass is 413 g/mol. The van der Waals surface area contributed by atoms with Gasteiger partial charge in [0.15, 0.2) is 0 Å². The molecule has 0 bridgehead atoms. The number of aromatic nitrogens is 1. The first-order valence-electron chi connectivity index (χ1n) is 7.83. The molecule has 1 N–H and O–H groups in total. The first-order chi connectivity index (χ1) is 11.9. The van der Waals surface area contributed by atoms with Crippen LogP contribution in [-0.2, 0) is 6.54 Å². The first-order valence-corrected chi connectivity index (χ1v) is 8.63. The first kappa shape index (κ1) is 16.3. The van der Waals surface area contributed by atoms with Crippen molar-refractivity contribution in [3.05, 3.63) is 33.9 Å². The Labute approximate surface area is 149 Å². The van der Waals surface area contributed by atoms with Crippen molar-refractivity contribution in [3.63, 3.8) is 0 Å². The molecule has 2 aromatic rings. The number of carbonyl (C=O) groups excluding carboxylic acids is 1. The van der Waals surface area contributed by atoms with Gasteiger partial charge in [-0.3, -0.25) is 4.79 Å². The van der Waals surface area contributed by atoms with E-state index in [0.717, 1.165) is 6.07 Å². The molecule has 132 valence electrons. The fraction of sp³-hybridized carbons (Fsp3) is 0.375. The van der Waals surface area contributed by atoms with Crippen LogP contribution in [0, 0.1) is 11.6 Å². The average molecular weight is 414 g/mol. The van der Waals surface area contributed by atoms with Crippen LogP contribution < -0.4 is 0 Å². The Morgan fingerprint density at radius 2 is 2.00 bits per heavy atom. The number of amides is 2. The van der Waals surface area contributed by atoms with Crippen molar-refractivity contribution >= 4 is 38.8 Å². The number of halogens is 3. The fourth-order valence-electron chi connectivity index (χ4n) is 3.72. The number of rotatable bonds is 0. The number of aryl methyl sites for hydroxylation is 1. The molecule has 0 radical (unpaired) electrons. The van der Waals surface area contributed by atoms with Crippen molar-refractivity contribution < 1.29 is 23.5 Å². The van der Waals surface area contributed by atoms with Gasteiger partial charge in [-0.25, -0.2) is 13.6 Å². The molecule has 2 aliphatic rings. The second-order valence-corrected chi connectivity index (χ2v) is 7.08. The van der Waals surface area contributed by atoms with Gasteiger partial charge in [-0.2, -0.15) is 0 Å². The van der Waals surface area contributed by atoms with E-state index in [1.54, 1.807) is 9.47 Å². The van der Waals surface area contributed by atoms with Gasteiger partial charge < -0.3 is 19.5 Å². The zero-order valence-corrected chi connectivity index (χ0v) is 14.6. The lowest BCUT2D eigenvalue weighted by atomic mass is 10.0. The van der Waals surface area contributed by atoms with E-state index >= 15 is 0 Å². The summed E-state index contributed by atoms with van der Waals surface area (Å²) in [5.74, 6) is -1.69. The van der Waals surface area contributed by atoms with E-state index in [2.05, 4.69) is 15.9 Å². The van der Waals surface area contributed by atoms with Gasteiger partial charge in [0.1, 0.15) is 11.6 Å². The lowest BCUT2D eigenvalue weighted by Gasteiger charge is -2.41. The summed E-state index contributed by atoms with van der Waals surface area (Å²) in [6.07, 6.45) is 0.727. The van der Waals surface area contributed by atoms with Gasteiger partial charge in [0, 0.05) is 32.4 Å². The molecule has 4 rings (SSSR count). The van der Waals surface area contributed by atoms with Gasteiger partial charge in [0.25, 0.3) is 5.91 Å². The minimum Gasteiger partial charge on any atom is -0.465 e. The number of piperazine rings is 1. The van der Waals surface area contributed by atoms with Crippen molar-refractivity contribution in [3.8, 4) is 0 Å². The molecule has 6 nitrogen and oxygen atoms in total. The maximum atomic E-state index is 14.3. The van der Waals surface area contributed by atoms with Crippen LogP contribution >= 0.6 is 15.9 Å². The average Bonchev–Trinajstić information content (AvgIpc) is 2.91. The molecule has 25 heavy (non-hydrogen) atoms. The lowest BCUT2D eigenvalue weighted by Crippen LogP contribution is -2.57. The molecule has 3 heterocycles. The van der Waals surface area contributed by atoms with E-state index in [-0.39, 0.29) is 41.1 Å². The molecule has 0 saturated carbocycles. The molecule has 1 atom stereocenters. The van der Waals surface area contributed by atoms with E-state index in [4.69, 9.17) is 0 Å². The third-order valence-corrected chi connectivity index (χ3v) is 5.71. The molecular formula is C16H14BrF2N3O3. The Balaban J connectivity index is 1.85. The second kappa shape index (κ2) is 5.69. The Bertz CT molecular complexity index is 914. The molecule has 1 saturated heterocycles. The highest BCUT2D eigenvalue weighted by molar-refractivity contribution is 9.10. The number of carbonyl (C=O) groups is 2. The summed E-state index contributed by atoms with van der Waals surface area (Å²) in [6.45, 7) is 1.04. The quantitative estimate of drug-likeness (QED) is 0.721. The molecule has 1 aromatic carbocycles. The van der Waals surface area contributed by atoms with Gasteiger partial charge in [-0.15, -0.1) is 0 Å². The molecule has 2 amide bonds. The Kier molecular flexibility index (Phi) is 3.71. The van der Waals surface area contributed by atoms with Gasteiger partial charge in [0.2, 0.25) is 0 Å². The SMILES string of the molecule is O=C(O)N1CCN2C(=O)c3cc(F)c(Br)c4c(F)cn(c34)CC[C@H]2C1. The number of hydrogen-bond acceptors (Lipinski definition) is 2. The lowest BCUT2D eigenvalue weighted by molar-refractivity contribution is 0.0420. The minimum atomic E-state index is -1.03. The second-order valence-electron chi connectivity index (χ2n) is 6.28. The van der Waals surface area contributed by atoms with E-state index < -0.39 is 23.6 Å². The summed E-state index contributed by atoms with van der Waals surface area (Å²) >= 11 is 3.06. The maximum Gasteiger partial charge on any atom is 0.407 e. The van der Waals surface area contributed by atoms with Crippen molar-refractivity contribution in [2.45, 2.75) is 19.0 Å². The number of nitrogens with zero attached hydrogens (tertiary/aromatic N) is 3. The summed E-state index contributed by atoms with van der Waals surface area (Å²) in [7, 11) is 0. The standard InChI is InChI=1S/C16H14BrF2N3O3/c17-13-10(18)5-9-14-12(13)11(19)7-20(14)2-1-8-6-21(16(24)25)3-4-22(8)15(9)23/h5,7-8H,1-4,6H2,(H,24,25)/t8-/m0/s1. The van der Waals surface area contributed by atoms with Crippen molar-refractivity contribution in [1.29, 1.82) is 0 Å². The fourth-order valence-corrected chi connectivity index (χ4v) is 4.22. The van der Waals surface area contributed by atoms with E-state index in [1.165, 1.54) is 11.1 Å². The molecule has 2 aliphatic heterocycles. The highest BCUT2D eigenvalue weighted by atomic mass is 79.9. The molecular weight excluding hydrogens is 400 g/mol. The summed E-state index contributed by atoms with van der Waals surface area (Å²) in [6, 6.07) is 0.800. The van der Waals surface area contributed by atoms with Gasteiger partial charge in [-0.05, 0) is 28.4 Å². The largest absolute Gasteiger partial charge is 0.465 e. The van der Waals surface area contributed by atoms with Gasteiger partial charge in [-0.1, -0.05) is 0 Å². The van der Waals surface area contributed by atoms with Crippen LogP contribution in [0.3, 0.4) is 0 Å². The summed E-state index contributed by atoms with van der Waals surface area (Å²) in [5.41, 5.74) is 0.475. The molecule has 1 fully saturated rings. The van der Waals surface area contributed by atoms with Gasteiger partial charge >= 0.3 is 6.09 Å². The van der Waals surface area contributed by atoms with E-state index in [9.17, 15) is 23.5 Å². The van der Waals surface area contributed by atoms with Crippen LogP contribution in [0.25, 0.3) is 10.9 Å². The number of carboxylic acid groups (broad SMARTS) is 1. The van der Waals surface area contributed by atoms with Crippen molar-refractivity contribution in [2.75, 3.05) is 19.6 Å². The predicted molar refractivity (Wildman–Crippen MR) is 88.6 cm³/mol. The van der Waals surface area contributed by atoms with Crippen LogP contribution in [0.4, 0.5) is 13.6 Å². The zero-order chi connectivity index (χ0) is 17.9. The Morgan fingerprint density at radius 3 is 2.72 bits per heavy atom. The van der Waals surface area contributed by atoms with E-state index in [0.29, 0.717) is 18.5 Å². The Morgan fingerprint density at radius 1 is 1.24 bits per heavy atom. The molecule has 9 heteroatoms. The zero-order valence-electron chi connectivity index (χ0n) is 13.0. The minimum absolute atomic E-state index is 0.00289. The molecule has 1 aromatic heterocycles. The highest BCUT2D eigenvalue weighted by Gasteiger charge is 2.36. The van der Waals surface area contributed by atoms with Crippen molar-refractivity contribution in [2.24, 2.45) is 0 Å². The van der Waals surface area contributed by atoms with Crippen LogP contribution in [0.5, 0.6) is 0 Å². The summed E-state index contributed by atoms with van der Waals surface area (Å²) < 4.78 is 30.2. The molecule has 0 unspecified atom stereocenters. The maximum absolute atomic E-state index is 14.3. The topological polar surface area (TPSA) is 65.8 Å². The predicted octanol–water partition coefficient (Wildman–Crippen LogP) is 2.89. The third kappa shape index (κ3) is 2.40. The number of fused-ring (bicyclic) bond motifs is 1. The molecule has 0 aliphatic carbocycles. The highest BCUT2D eigenvalue weighted by Crippen LogP contribution is 2.35. The van der Waals surface area contributed by atoms with Crippen LogP contribution in [0.15, 0.2) is 16.7 Å². The van der Waals surface area contributed by atoms with Crippen LogP contribution in [-0.4, -0.2) is 57.1 Å². The Hall–Kier alpha value is -2.16. The normalized spacial score (nSPS) is 20.4. The van der Waals surface area contributed by atoms with E-state index in [1.807, 2.05) is 0 Å². The van der Waals surface area contributed by atoms with Crippen LogP contribution in [0.1, 0.15) is 16.8 Å². The van der Waals surface area contributed by atoms with Crippen molar-refractivity contribution in [1.82, 2.24) is 14.4 Å².